The van der Waals surface area contributed by atoms with Gasteiger partial charge in [-0.2, -0.15) is 0 Å². The third kappa shape index (κ3) is 2.47. The zero-order chi connectivity index (χ0) is 10.9. The molecule has 3 heteroatoms. The van der Waals surface area contributed by atoms with E-state index in [9.17, 15) is 4.79 Å². The van der Waals surface area contributed by atoms with Crippen molar-refractivity contribution in [1.82, 2.24) is 0 Å². The molecule has 1 aliphatic rings. The van der Waals surface area contributed by atoms with E-state index >= 15 is 0 Å². The van der Waals surface area contributed by atoms with E-state index in [0.29, 0.717) is 11.8 Å². The number of nitrogens with two attached hydrogens (primary N) is 1. The molecule has 3 nitrogen and oxygen atoms in total. The summed E-state index contributed by atoms with van der Waals surface area (Å²) in [6, 6.07) is 0. The van der Waals surface area contributed by atoms with E-state index in [1.54, 1.807) is 13.8 Å². The van der Waals surface area contributed by atoms with Crippen molar-refractivity contribution >= 4 is 5.97 Å². The highest BCUT2D eigenvalue weighted by atomic mass is 16.5. The molecule has 1 saturated carbocycles. The van der Waals surface area contributed by atoms with Crippen LogP contribution in [0.1, 0.15) is 40.5 Å². The molecule has 0 aromatic carbocycles. The summed E-state index contributed by atoms with van der Waals surface area (Å²) in [4.78, 5) is 11.6. The molecule has 1 fully saturated rings. The average Bonchev–Trinajstić information content (AvgIpc) is 2.34. The first-order valence-corrected chi connectivity index (χ1v) is 5.32. The Balaban J connectivity index is 2.56. The molecule has 2 N–H and O–H groups in total. The van der Waals surface area contributed by atoms with Gasteiger partial charge in [-0.15, -0.1) is 0 Å². The van der Waals surface area contributed by atoms with Gasteiger partial charge in [0.05, 0.1) is 0 Å². The second-order valence-corrected chi connectivity index (χ2v) is 5.12. The molecule has 0 saturated heterocycles. The van der Waals surface area contributed by atoms with Crippen molar-refractivity contribution in [2.75, 3.05) is 0 Å². The summed E-state index contributed by atoms with van der Waals surface area (Å²) < 4.78 is 5.44. The Morgan fingerprint density at radius 1 is 1.29 bits per heavy atom. The standard InChI is InChI=1S/C11H21NO2/c1-7-5-6-8(2)9(7)14-10(13)11(3,4)12/h7-9H,5-6,12H2,1-4H3. The van der Waals surface area contributed by atoms with Crippen LogP contribution in [0, 0.1) is 11.8 Å². The average molecular weight is 199 g/mol. The summed E-state index contributed by atoms with van der Waals surface area (Å²) in [5.74, 6) is 0.649. The summed E-state index contributed by atoms with van der Waals surface area (Å²) in [6.45, 7) is 7.62. The molecule has 0 aromatic rings. The Kier molecular flexibility index (Phi) is 3.20. The minimum Gasteiger partial charge on any atom is -0.460 e. The lowest BCUT2D eigenvalue weighted by molar-refractivity contribution is -0.157. The van der Waals surface area contributed by atoms with Gasteiger partial charge < -0.3 is 10.5 Å². The predicted molar refractivity (Wildman–Crippen MR) is 55.7 cm³/mol. The van der Waals surface area contributed by atoms with Crippen molar-refractivity contribution < 1.29 is 9.53 Å². The highest BCUT2D eigenvalue weighted by Crippen LogP contribution is 2.33. The highest BCUT2D eigenvalue weighted by molar-refractivity contribution is 5.79. The van der Waals surface area contributed by atoms with Crippen molar-refractivity contribution in [2.24, 2.45) is 17.6 Å². The predicted octanol–water partition coefficient (Wildman–Crippen LogP) is 1.70. The van der Waals surface area contributed by atoms with Crippen LogP contribution in [0.25, 0.3) is 0 Å². The SMILES string of the molecule is CC1CCC(C)C1OC(=O)C(C)(C)N. The van der Waals surface area contributed by atoms with Gasteiger partial charge in [-0.25, -0.2) is 0 Å². The number of carbonyl (C=O) groups excluding carboxylic acids is 1. The first-order valence-electron chi connectivity index (χ1n) is 5.32. The van der Waals surface area contributed by atoms with E-state index in [4.69, 9.17) is 10.5 Å². The molecule has 0 aromatic heterocycles. The number of hydrogen-bond donors (Lipinski definition) is 1. The summed E-state index contributed by atoms with van der Waals surface area (Å²) in [6.07, 6.45) is 2.35. The molecule has 1 rings (SSSR count). The van der Waals surface area contributed by atoms with Gasteiger partial charge in [0.2, 0.25) is 0 Å². The van der Waals surface area contributed by atoms with Crippen molar-refractivity contribution in [3.63, 3.8) is 0 Å². The Morgan fingerprint density at radius 3 is 2.07 bits per heavy atom. The van der Waals surface area contributed by atoms with Gasteiger partial charge in [0.1, 0.15) is 11.6 Å². The maximum atomic E-state index is 11.6. The molecule has 0 heterocycles. The zero-order valence-electron chi connectivity index (χ0n) is 9.54. The minimum atomic E-state index is -0.873. The Labute approximate surface area is 86.0 Å². The zero-order valence-corrected chi connectivity index (χ0v) is 9.54. The normalized spacial score (nSPS) is 33.1. The van der Waals surface area contributed by atoms with Crippen LogP contribution in [-0.2, 0) is 9.53 Å². The maximum absolute atomic E-state index is 11.6. The molecule has 2 atom stereocenters. The van der Waals surface area contributed by atoms with Crippen molar-refractivity contribution in [3.8, 4) is 0 Å². The van der Waals surface area contributed by atoms with Crippen LogP contribution in [0.15, 0.2) is 0 Å². The Hall–Kier alpha value is -0.570. The fourth-order valence-electron chi connectivity index (χ4n) is 1.92. The van der Waals surface area contributed by atoms with Crippen LogP contribution >= 0.6 is 0 Å². The van der Waals surface area contributed by atoms with Crippen LogP contribution in [0.4, 0.5) is 0 Å². The number of carbonyl (C=O) groups is 1. The fourth-order valence-corrected chi connectivity index (χ4v) is 1.92. The van der Waals surface area contributed by atoms with Crippen LogP contribution in [-0.4, -0.2) is 17.6 Å². The molecular formula is C11H21NO2. The van der Waals surface area contributed by atoms with Crippen molar-refractivity contribution in [3.05, 3.63) is 0 Å². The lowest BCUT2D eigenvalue weighted by Crippen LogP contribution is -2.45. The van der Waals surface area contributed by atoms with E-state index in [-0.39, 0.29) is 12.1 Å². The summed E-state index contributed by atoms with van der Waals surface area (Å²) in [7, 11) is 0. The molecule has 0 bridgehead atoms. The molecule has 2 unspecified atom stereocenters. The van der Waals surface area contributed by atoms with Gasteiger partial charge in [-0.05, 0) is 38.5 Å². The number of rotatable bonds is 2. The Morgan fingerprint density at radius 2 is 1.71 bits per heavy atom. The maximum Gasteiger partial charge on any atom is 0.325 e. The lowest BCUT2D eigenvalue weighted by Gasteiger charge is -2.25. The van der Waals surface area contributed by atoms with E-state index < -0.39 is 5.54 Å². The molecule has 1 aliphatic carbocycles. The van der Waals surface area contributed by atoms with Gasteiger partial charge >= 0.3 is 5.97 Å². The molecule has 0 radical (unpaired) electrons. The largest absolute Gasteiger partial charge is 0.460 e. The first kappa shape index (κ1) is 11.5. The number of ether oxygens (including phenoxy) is 1. The second kappa shape index (κ2) is 3.89. The van der Waals surface area contributed by atoms with E-state index in [0.717, 1.165) is 12.8 Å². The van der Waals surface area contributed by atoms with Crippen LogP contribution in [0.3, 0.4) is 0 Å². The van der Waals surface area contributed by atoms with E-state index in [2.05, 4.69) is 13.8 Å². The second-order valence-electron chi connectivity index (χ2n) is 5.12. The van der Waals surface area contributed by atoms with Crippen molar-refractivity contribution in [2.45, 2.75) is 52.2 Å². The van der Waals surface area contributed by atoms with Gasteiger partial charge in [-0.3, -0.25) is 4.79 Å². The highest BCUT2D eigenvalue weighted by Gasteiger charge is 2.36. The molecule has 0 amide bonds. The topological polar surface area (TPSA) is 52.3 Å². The summed E-state index contributed by atoms with van der Waals surface area (Å²) in [5, 5.41) is 0. The fraction of sp³-hybridized carbons (Fsp3) is 0.909. The monoisotopic (exact) mass is 199 g/mol. The summed E-state index contributed by atoms with van der Waals surface area (Å²) >= 11 is 0. The summed E-state index contributed by atoms with van der Waals surface area (Å²) in [5.41, 5.74) is 4.80. The van der Waals surface area contributed by atoms with Gasteiger partial charge in [0, 0.05) is 0 Å². The molecule has 82 valence electrons. The van der Waals surface area contributed by atoms with E-state index in [1.165, 1.54) is 0 Å². The smallest absolute Gasteiger partial charge is 0.325 e. The van der Waals surface area contributed by atoms with Gasteiger partial charge in [-0.1, -0.05) is 13.8 Å². The van der Waals surface area contributed by atoms with Crippen LogP contribution in [0.2, 0.25) is 0 Å². The third-order valence-corrected chi connectivity index (χ3v) is 2.97. The quantitative estimate of drug-likeness (QED) is 0.689. The first-order chi connectivity index (χ1) is 6.32. The third-order valence-electron chi connectivity index (χ3n) is 2.97. The molecule has 14 heavy (non-hydrogen) atoms. The van der Waals surface area contributed by atoms with Crippen LogP contribution < -0.4 is 5.73 Å². The Bertz CT molecular complexity index is 210. The van der Waals surface area contributed by atoms with E-state index in [1.807, 2.05) is 0 Å². The molecule has 0 spiro atoms. The van der Waals surface area contributed by atoms with Gasteiger partial charge in [0.15, 0.2) is 0 Å². The van der Waals surface area contributed by atoms with Crippen LogP contribution in [0.5, 0.6) is 0 Å². The molecule has 0 aliphatic heterocycles. The van der Waals surface area contributed by atoms with Gasteiger partial charge in [0.25, 0.3) is 0 Å². The number of esters is 1. The lowest BCUT2D eigenvalue weighted by atomic mass is 10.0. The molecular weight excluding hydrogens is 178 g/mol. The van der Waals surface area contributed by atoms with Crippen molar-refractivity contribution in [1.29, 1.82) is 0 Å². The minimum absolute atomic E-state index is 0.0605. The number of hydrogen-bond acceptors (Lipinski definition) is 3.